The maximum Gasteiger partial charge on any atom is 0.101 e. The van der Waals surface area contributed by atoms with E-state index >= 15 is 0 Å². The predicted molar refractivity (Wildman–Crippen MR) is 45.5 cm³/mol. The molecule has 1 heteroatoms. The van der Waals surface area contributed by atoms with Crippen molar-refractivity contribution in [2.75, 3.05) is 0 Å². The summed E-state index contributed by atoms with van der Waals surface area (Å²) in [5, 5.41) is 0. The third kappa shape index (κ3) is 2.71. The minimum Gasteiger partial charge on any atom is -0.247 e. The van der Waals surface area contributed by atoms with E-state index in [9.17, 15) is 4.39 Å². The second-order valence-electron chi connectivity index (χ2n) is 2.97. The third-order valence-corrected chi connectivity index (χ3v) is 1.64. The second-order valence-corrected chi connectivity index (χ2v) is 2.97. The van der Waals surface area contributed by atoms with Gasteiger partial charge in [0, 0.05) is 6.42 Å². The first-order valence-electron chi connectivity index (χ1n) is 3.88. The lowest BCUT2D eigenvalue weighted by atomic mass is 10.1. The van der Waals surface area contributed by atoms with Gasteiger partial charge in [0.15, 0.2) is 0 Å². The fourth-order valence-electron chi connectivity index (χ4n) is 1.05. The van der Waals surface area contributed by atoms with Gasteiger partial charge in [0.2, 0.25) is 0 Å². The summed E-state index contributed by atoms with van der Waals surface area (Å²) in [4.78, 5) is 0. The topological polar surface area (TPSA) is 0 Å². The first-order chi connectivity index (χ1) is 5.18. The molecule has 0 radical (unpaired) electrons. The summed E-state index contributed by atoms with van der Waals surface area (Å²) < 4.78 is 12.5. The van der Waals surface area contributed by atoms with E-state index in [1.807, 2.05) is 31.2 Å². The monoisotopic (exact) mass is 152 g/mol. The Morgan fingerprint density at radius 1 is 1.27 bits per heavy atom. The quantitative estimate of drug-likeness (QED) is 0.611. The Morgan fingerprint density at radius 3 is 2.27 bits per heavy atom. The van der Waals surface area contributed by atoms with E-state index in [-0.39, 0.29) is 0 Å². The van der Waals surface area contributed by atoms with Crippen molar-refractivity contribution in [1.29, 1.82) is 0 Å². The van der Waals surface area contributed by atoms with Gasteiger partial charge in [-0.3, -0.25) is 0 Å². The molecule has 0 nitrogen and oxygen atoms in total. The Balaban J connectivity index is 2.66. The highest BCUT2D eigenvalue weighted by Gasteiger charge is 1.98. The van der Waals surface area contributed by atoms with Crippen LogP contribution in [0.3, 0.4) is 0 Å². The number of rotatable bonds is 2. The molecule has 11 heavy (non-hydrogen) atoms. The van der Waals surface area contributed by atoms with E-state index in [0.29, 0.717) is 6.42 Å². The zero-order chi connectivity index (χ0) is 8.27. The standard InChI is InChI=1S/C10H13F/c1-8-3-5-10(6-4-8)7-9(2)11/h3-6,9H,7H2,1-2H3. The predicted octanol–water partition coefficient (Wildman–Crippen LogP) is 2.90. The van der Waals surface area contributed by atoms with Gasteiger partial charge >= 0.3 is 0 Å². The molecular formula is C10H13F. The Bertz CT molecular complexity index is 211. The van der Waals surface area contributed by atoms with Crippen LogP contribution in [0.1, 0.15) is 18.1 Å². The molecule has 0 saturated heterocycles. The van der Waals surface area contributed by atoms with Gasteiger partial charge in [0.1, 0.15) is 6.17 Å². The fourth-order valence-corrected chi connectivity index (χ4v) is 1.05. The maximum absolute atomic E-state index is 12.5. The van der Waals surface area contributed by atoms with Gasteiger partial charge in [-0.15, -0.1) is 0 Å². The van der Waals surface area contributed by atoms with E-state index in [4.69, 9.17) is 0 Å². The molecule has 0 saturated carbocycles. The molecule has 0 aliphatic carbocycles. The SMILES string of the molecule is Cc1ccc(CC(C)F)cc1. The van der Waals surface area contributed by atoms with Gasteiger partial charge in [0.25, 0.3) is 0 Å². The Kier molecular flexibility index (Phi) is 2.64. The molecular weight excluding hydrogens is 139 g/mol. The summed E-state index contributed by atoms with van der Waals surface area (Å²) in [5.41, 5.74) is 2.30. The van der Waals surface area contributed by atoms with Crippen LogP contribution in [0.4, 0.5) is 4.39 Å². The largest absolute Gasteiger partial charge is 0.247 e. The summed E-state index contributed by atoms with van der Waals surface area (Å²) in [6.45, 7) is 3.61. The minimum atomic E-state index is -0.738. The van der Waals surface area contributed by atoms with Crippen molar-refractivity contribution in [2.24, 2.45) is 0 Å². The zero-order valence-electron chi connectivity index (χ0n) is 6.97. The molecule has 0 aliphatic rings. The molecule has 0 aromatic heterocycles. The molecule has 1 aromatic carbocycles. The van der Waals surface area contributed by atoms with Crippen molar-refractivity contribution < 1.29 is 4.39 Å². The van der Waals surface area contributed by atoms with Crippen molar-refractivity contribution in [1.82, 2.24) is 0 Å². The van der Waals surface area contributed by atoms with Gasteiger partial charge < -0.3 is 0 Å². The van der Waals surface area contributed by atoms with Gasteiger partial charge in [-0.25, -0.2) is 4.39 Å². The highest BCUT2D eigenvalue weighted by molar-refractivity contribution is 5.21. The molecule has 60 valence electrons. The van der Waals surface area contributed by atoms with Crippen molar-refractivity contribution in [2.45, 2.75) is 26.4 Å². The summed E-state index contributed by atoms with van der Waals surface area (Å²) >= 11 is 0. The number of alkyl halides is 1. The summed E-state index contributed by atoms with van der Waals surface area (Å²) in [7, 11) is 0. The number of hydrogen-bond acceptors (Lipinski definition) is 0. The smallest absolute Gasteiger partial charge is 0.101 e. The van der Waals surface area contributed by atoms with Crippen molar-refractivity contribution in [3.63, 3.8) is 0 Å². The van der Waals surface area contributed by atoms with E-state index in [1.165, 1.54) is 5.56 Å². The number of hydrogen-bond donors (Lipinski definition) is 0. The lowest BCUT2D eigenvalue weighted by Crippen LogP contribution is -1.97. The minimum absolute atomic E-state index is 0.528. The Labute approximate surface area is 67.1 Å². The van der Waals surface area contributed by atoms with Gasteiger partial charge in [-0.1, -0.05) is 29.8 Å². The first kappa shape index (κ1) is 8.25. The number of benzene rings is 1. The lowest BCUT2D eigenvalue weighted by Gasteiger charge is -2.01. The molecule has 1 rings (SSSR count). The third-order valence-electron chi connectivity index (χ3n) is 1.64. The molecule has 0 amide bonds. The summed E-state index contributed by atoms with van der Waals surface area (Å²) in [6, 6.07) is 7.98. The average molecular weight is 152 g/mol. The second kappa shape index (κ2) is 3.51. The molecule has 0 spiro atoms. The van der Waals surface area contributed by atoms with Gasteiger partial charge in [-0.05, 0) is 19.4 Å². The fraction of sp³-hybridized carbons (Fsp3) is 0.400. The summed E-state index contributed by atoms with van der Waals surface area (Å²) in [5.74, 6) is 0. The van der Waals surface area contributed by atoms with Crippen LogP contribution in [0.25, 0.3) is 0 Å². The van der Waals surface area contributed by atoms with Gasteiger partial charge in [0.05, 0.1) is 0 Å². The lowest BCUT2D eigenvalue weighted by molar-refractivity contribution is 0.360. The van der Waals surface area contributed by atoms with Crippen LogP contribution in [0.2, 0.25) is 0 Å². The van der Waals surface area contributed by atoms with Crippen LogP contribution in [0.5, 0.6) is 0 Å². The molecule has 0 aliphatic heterocycles. The zero-order valence-corrected chi connectivity index (χ0v) is 6.97. The van der Waals surface area contributed by atoms with E-state index in [2.05, 4.69) is 0 Å². The highest BCUT2D eigenvalue weighted by atomic mass is 19.1. The first-order valence-corrected chi connectivity index (χ1v) is 3.88. The van der Waals surface area contributed by atoms with Gasteiger partial charge in [-0.2, -0.15) is 0 Å². The average Bonchev–Trinajstić information content (AvgIpc) is 1.93. The highest BCUT2D eigenvalue weighted by Crippen LogP contribution is 2.07. The van der Waals surface area contributed by atoms with Crippen LogP contribution in [0, 0.1) is 6.92 Å². The van der Waals surface area contributed by atoms with Crippen LogP contribution >= 0.6 is 0 Å². The van der Waals surface area contributed by atoms with Crippen LogP contribution in [0.15, 0.2) is 24.3 Å². The van der Waals surface area contributed by atoms with Crippen molar-refractivity contribution >= 4 is 0 Å². The van der Waals surface area contributed by atoms with Crippen molar-refractivity contribution in [3.8, 4) is 0 Å². The van der Waals surface area contributed by atoms with E-state index in [0.717, 1.165) is 5.56 Å². The van der Waals surface area contributed by atoms with E-state index in [1.54, 1.807) is 6.92 Å². The molecule has 0 N–H and O–H groups in total. The van der Waals surface area contributed by atoms with Crippen LogP contribution < -0.4 is 0 Å². The Morgan fingerprint density at radius 2 is 1.82 bits per heavy atom. The Hall–Kier alpha value is -0.850. The van der Waals surface area contributed by atoms with Crippen LogP contribution in [-0.4, -0.2) is 6.17 Å². The summed E-state index contributed by atoms with van der Waals surface area (Å²) in [6.07, 6.45) is -0.210. The number of aryl methyl sites for hydroxylation is 1. The molecule has 1 unspecified atom stereocenters. The molecule has 0 heterocycles. The maximum atomic E-state index is 12.5. The molecule has 0 bridgehead atoms. The van der Waals surface area contributed by atoms with Crippen LogP contribution in [-0.2, 0) is 6.42 Å². The normalized spacial score (nSPS) is 13.0. The van der Waals surface area contributed by atoms with Crippen molar-refractivity contribution in [3.05, 3.63) is 35.4 Å². The molecule has 0 fully saturated rings. The number of halogens is 1. The van der Waals surface area contributed by atoms with E-state index < -0.39 is 6.17 Å². The molecule has 1 atom stereocenters. The molecule has 1 aromatic rings.